The van der Waals surface area contributed by atoms with Crippen LogP contribution in [0.5, 0.6) is 0 Å². The molecular weight excluding hydrogens is 422 g/mol. The normalized spacial score (nSPS) is 18.5. The third-order valence-corrected chi connectivity index (χ3v) is 4.93. The summed E-state index contributed by atoms with van der Waals surface area (Å²) < 4.78 is 0.744. The predicted octanol–water partition coefficient (Wildman–Crippen LogP) is 3.87. The second-order valence-corrected chi connectivity index (χ2v) is 7.07. The van der Waals surface area contributed by atoms with Gasteiger partial charge in [-0.1, -0.05) is 40.2 Å². The highest BCUT2D eigenvalue weighted by molar-refractivity contribution is 9.10. The lowest BCUT2D eigenvalue weighted by molar-refractivity contribution is -0.132. The fraction of sp³-hybridized carbons (Fsp3) is 0.0476. The van der Waals surface area contributed by atoms with Gasteiger partial charge in [-0.15, -0.1) is 0 Å². The van der Waals surface area contributed by atoms with Crippen LogP contribution < -0.4 is 4.90 Å². The summed E-state index contributed by atoms with van der Waals surface area (Å²) in [4.78, 5) is 35.4. The van der Waals surface area contributed by atoms with E-state index in [1.807, 2.05) is 6.07 Å². The molecule has 0 spiro atoms. The van der Waals surface area contributed by atoms with Crippen LogP contribution in [0.25, 0.3) is 5.76 Å². The van der Waals surface area contributed by atoms with Crippen LogP contribution in [0.1, 0.15) is 17.2 Å². The van der Waals surface area contributed by atoms with Crippen LogP contribution in [0, 0.1) is 0 Å². The number of hydrogen-bond donors (Lipinski definition) is 1. The molecule has 1 amide bonds. The molecule has 2 aromatic heterocycles. The molecule has 0 saturated carbocycles. The van der Waals surface area contributed by atoms with Crippen LogP contribution in [0.3, 0.4) is 0 Å². The number of aromatic nitrogens is 2. The minimum Gasteiger partial charge on any atom is -0.507 e. The minimum absolute atomic E-state index is 0.00162. The van der Waals surface area contributed by atoms with Gasteiger partial charge in [0.25, 0.3) is 5.78 Å². The van der Waals surface area contributed by atoms with E-state index in [2.05, 4.69) is 25.9 Å². The first-order chi connectivity index (χ1) is 13.6. The number of aliphatic hydroxyl groups is 1. The number of hydrogen-bond acceptors (Lipinski definition) is 5. The van der Waals surface area contributed by atoms with Crippen molar-refractivity contribution in [3.63, 3.8) is 0 Å². The standard InChI is InChI=1S/C21H14BrN3O3/c22-15-7-3-5-13(11-15)19(26)17-18(14-6-4-9-23-12-14)25(21(28)20(17)27)16-8-1-2-10-24-16/h1-12,18,26H/t18-/m1/s1. The third kappa shape index (κ3) is 3.10. The van der Waals surface area contributed by atoms with E-state index in [0.717, 1.165) is 4.47 Å². The second-order valence-electron chi connectivity index (χ2n) is 6.15. The topological polar surface area (TPSA) is 83.4 Å². The van der Waals surface area contributed by atoms with Crippen molar-refractivity contribution in [2.45, 2.75) is 6.04 Å². The summed E-state index contributed by atoms with van der Waals surface area (Å²) >= 11 is 3.36. The smallest absolute Gasteiger partial charge is 0.301 e. The van der Waals surface area contributed by atoms with Gasteiger partial charge in [0.1, 0.15) is 11.6 Å². The zero-order chi connectivity index (χ0) is 19.7. The molecule has 3 aromatic rings. The SMILES string of the molecule is O=C1C(=O)N(c2ccccn2)[C@H](c2cccnc2)C1=C(O)c1cccc(Br)c1. The maximum absolute atomic E-state index is 12.9. The Morgan fingerprint density at radius 2 is 1.89 bits per heavy atom. The number of amides is 1. The summed E-state index contributed by atoms with van der Waals surface area (Å²) in [7, 11) is 0. The first kappa shape index (κ1) is 18.1. The number of aliphatic hydroxyl groups excluding tert-OH is 1. The summed E-state index contributed by atoms with van der Waals surface area (Å²) in [6, 6.07) is 14.7. The highest BCUT2D eigenvalue weighted by Crippen LogP contribution is 2.41. The van der Waals surface area contributed by atoms with Gasteiger partial charge in [-0.3, -0.25) is 19.5 Å². The number of anilines is 1. The van der Waals surface area contributed by atoms with E-state index >= 15 is 0 Å². The predicted molar refractivity (Wildman–Crippen MR) is 107 cm³/mol. The molecule has 0 bridgehead atoms. The van der Waals surface area contributed by atoms with Crippen LogP contribution in [0.15, 0.2) is 83.2 Å². The first-order valence-corrected chi connectivity index (χ1v) is 9.25. The minimum atomic E-state index is -0.831. The second kappa shape index (κ2) is 7.36. The Labute approximate surface area is 169 Å². The van der Waals surface area contributed by atoms with Crippen molar-refractivity contribution in [1.29, 1.82) is 0 Å². The van der Waals surface area contributed by atoms with E-state index < -0.39 is 17.7 Å². The number of carbonyl (C=O) groups is 2. The van der Waals surface area contributed by atoms with Gasteiger partial charge in [0.15, 0.2) is 0 Å². The quantitative estimate of drug-likeness (QED) is 0.383. The van der Waals surface area contributed by atoms with Gasteiger partial charge in [0.05, 0.1) is 11.6 Å². The van der Waals surface area contributed by atoms with Gasteiger partial charge in [-0.25, -0.2) is 4.98 Å². The zero-order valence-corrected chi connectivity index (χ0v) is 16.1. The molecule has 1 aliphatic rings. The maximum Gasteiger partial charge on any atom is 0.301 e. The van der Waals surface area contributed by atoms with E-state index in [1.54, 1.807) is 67.1 Å². The molecule has 6 nitrogen and oxygen atoms in total. The first-order valence-electron chi connectivity index (χ1n) is 8.46. The van der Waals surface area contributed by atoms with Gasteiger partial charge in [0.2, 0.25) is 0 Å². The van der Waals surface area contributed by atoms with Crippen LogP contribution >= 0.6 is 15.9 Å². The van der Waals surface area contributed by atoms with Crippen LogP contribution in [0.4, 0.5) is 5.82 Å². The van der Waals surface area contributed by atoms with Crippen LogP contribution in [-0.4, -0.2) is 26.8 Å². The lowest BCUT2D eigenvalue weighted by Gasteiger charge is -2.24. The largest absolute Gasteiger partial charge is 0.507 e. The van der Waals surface area contributed by atoms with Crippen molar-refractivity contribution in [2.75, 3.05) is 4.90 Å². The van der Waals surface area contributed by atoms with E-state index in [-0.39, 0.29) is 11.3 Å². The summed E-state index contributed by atoms with van der Waals surface area (Å²) in [6.07, 6.45) is 4.72. The van der Waals surface area contributed by atoms with Gasteiger partial charge in [-0.2, -0.15) is 0 Å². The molecule has 1 fully saturated rings. The molecule has 0 aliphatic carbocycles. The highest BCUT2D eigenvalue weighted by Gasteiger charge is 2.47. The van der Waals surface area contributed by atoms with Crippen LogP contribution in [-0.2, 0) is 9.59 Å². The molecule has 0 radical (unpaired) electrons. The average Bonchev–Trinajstić information content (AvgIpc) is 2.99. The fourth-order valence-electron chi connectivity index (χ4n) is 3.21. The number of carbonyl (C=O) groups excluding carboxylic acids is 2. The lowest BCUT2D eigenvalue weighted by Crippen LogP contribution is -2.30. The average molecular weight is 436 g/mol. The van der Waals surface area contributed by atoms with Crippen molar-refractivity contribution in [3.8, 4) is 0 Å². The Kier molecular flexibility index (Phi) is 4.75. The van der Waals surface area contributed by atoms with Crippen molar-refractivity contribution < 1.29 is 14.7 Å². The number of benzene rings is 1. The molecule has 3 heterocycles. The van der Waals surface area contributed by atoms with E-state index in [0.29, 0.717) is 16.9 Å². The lowest BCUT2D eigenvalue weighted by atomic mass is 9.96. The summed E-state index contributed by atoms with van der Waals surface area (Å²) in [5.74, 6) is -1.43. The number of halogens is 1. The molecule has 7 heteroatoms. The van der Waals surface area contributed by atoms with Crippen molar-refractivity contribution in [2.24, 2.45) is 0 Å². The molecule has 138 valence electrons. The molecule has 0 unspecified atom stereocenters. The number of pyridine rings is 2. The highest BCUT2D eigenvalue weighted by atomic mass is 79.9. The number of rotatable bonds is 3. The Balaban J connectivity index is 1.95. The Morgan fingerprint density at radius 1 is 1.04 bits per heavy atom. The van der Waals surface area contributed by atoms with Crippen molar-refractivity contribution in [1.82, 2.24) is 9.97 Å². The van der Waals surface area contributed by atoms with Gasteiger partial charge in [-0.05, 0) is 35.9 Å². The molecule has 1 atom stereocenters. The van der Waals surface area contributed by atoms with E-state index in [4.69, 9.17) is 0 Å². The molecular formula is C21H14BrN3O3. The van der Waals surface area contributed by atoms with Crippen LogP contribution in [0.2, 0.25) is 0 Å². The van der Waals surface area contributed by atoms with Gasteiger partial charge in [0, 0.05) is 28.6 Å². The summed E-state index contributed by atoms with van der Waals surface area (Å²) in [5, 5.41) is 10.9. The maximum atomic E-state index is 12.9. The van der Waals surface area contributed by atoms with Crippen molar-refractivity contribution >= 4 is 39.2 Å². The molecule has 1 aliphatic heterocycles. The third-order valence-electron chi connectivity index (χ3n) is 4.44. The monoisotopic (exact) mass is 435 g/mol. The van der Waals surface area contributed by atoms with E-state index in [9.17, 15) is 14.7 Å². The Bertz CT molecular complexity index is 1080. The number of Topliss-reactive ketones (excluding diaryl/α,β-unsaturated/α-hetero) is 1. The molecule has 1 aromatic carbocycles. The molecule has 1 N–H and O–H groups in total. The van der Waals surface area contributed by atoms with Gasteiger partial charge >= 0.3 is 5.91 Å². The Morgan fingerprint density at radius 3 is 2.57 bits per heavy atom. The zero-order valence-electron chi connectivity index (χ0n) is 14.5. The van der Waals surface area contributed by atoms with Crippen molar-refractivity contribution in [3.05, 3.63) is 94.4 Å². The molecule has 28 heavy (non-hydrogen) atoms. The number of nitrogens with zero attached hydrogens (tertiary/aromatic N) is 3. The van der Waals surface area contributed by atoms with E-state index in [1.165, 1.54) is 4.90 Å². The Hall–Kier alpha value is -3.32. The number of ketones is 1. The summed E-state index contributed by atoms with van der Waals surface area (Å²) in [6.45, 7) is 0. The molecule has 1 saturated heterocycles. The van der Waals surface area contributed by atoms with Gasteiger partial charge < -0.3 is 5.11 Å². The molecule has 4 rings (SSSR count). The fourth-order valence-corrected chi connectivity index (χ4v) is 3.61. The summed E-state index contributed by atoms with van der Waals surface area (Å²) in [5.41, 5.74) is 1.04.